The lowest BCUT2D eigenvalue weighted by Gasteiger charge is -2.40. The molecule has 4 atom stereocenters. The van der Waals surface area contributed by atoms with E-state index in [0.717, 1.165) is 5.56 Å². The Bertz CT molecular complexity index is 1390. The van der Waals surface area contributed by atoms with Gasteiger partial charge < -0.3 is 15.4 Å². The lowest BCUT2D eigenvalue weighted by atomic mass is 9.74. The maximum Gasteiger partial charge on any atom is 0.246 e. The van der Waals surface area contributed by atoms with Crippen molar-refractivity contribution < 1.29 is 18.7 Å². The Kier molecular flexibility index (Phi) is 7.31. The van der Waals surface area contributed by atoms with Crippen LogP contribution in [0.3, 0.4) is 0 Å². The van der Waals surface area contributed by atoms with Gasteiger partial charge in [-0.05, 0) is 55.3 Å². The first-order valence-electron chi connectivity index (χ1n) is 12.4. The molecule has 2 N–H and O–H groups in total. The van der Waals surface area contributed by atoms with Crippen molar-refractivity contribution in [2.75, 3.05) is 18.5 Å². The van der Waals surface area contributed by atoms with Crippen LogP contribution in [-0.4, -0.2) is 46.4 Å². The number of aromatic nitrogens is 1. The summed E-state index contributed by atoms with van der Waals surface area (Å²) in [5.41, 5.74) is -0.252. The molecule has 2 aliphatic heterocycles. The second-order valence-electron chi connectivity index (χ2n) is 9.61. The summed E-state index contributed by atoms with van der Waals surface area (Å²) in [5.74, 6) is -1.85. The molecular formula is C28H27Cl2FN4O3. The maximum absolute atomic E-state index is 15.6. The average molecular weight is 557 g/mol. The number of nitrogens with zero attached hydrogens (tertiary/aromatic N) is 2. The fourth-order valence-electron chi connectivity index (χ4n) is 5.80. The van der Waals surface area contributed by atoms with Crippen LogP contribution in [0.25, 0.3) is 0 Å². The van der Waals surface area contributed by atoms with Crippen LogP contribution in [0.2, 0.25) is 10.2 Å². The van der Waals surface area contributed by atoms with Crippen LogP contribution in [-0.2, 0) is 16.1 Å². The van der Waals surface area contributed by atoms with Crippen molar-refractivity contribution in [3.63, 3.8) is 0 Å². The molecule has 0 bridgehead atoms. The zero-order valence-corrected chi connectivity index (χ0v) is 22.4. The zero-order chi connectivity index (χ0) is 27.0. The van der Waals surface area contributed by atoms with Gasteiger partial charge in [-0.2, -0.15) is 0 Å². The Morgan fingerprint density at radius 2 is 1.97 bits per heavy atom. The summed E-state index contributed by atoms with van der Waals surface area (Å²) in [6.07, 6.45) is 0. The van der Waals surface area contributed by atoms with Crippen molar-refractivity contribution in [3.8, 4) is 5.75 Å². The molecule has 2 fully saturated rings. The van der Waals surface area contributed by atoms with Gasteiger partial charge in [0.05, 0.1) is 17.5 Å². The predicted octanol–water partition coefficient (Wildman–Crippen LogP) is 5.04. The molecule has 38 heavy (non-hydrogen) atoms. The number of likely N-dealkylation sites (tertiary alicyclic amines) is 1. The smallest absolute Gasteiger partial charge is 0.246 e. The highest BCUT2D eigenvalue weighted by molar-refractivity contribution is 6.30. The summed E-state index contributed by atoms with van der Waals surface area (Å²) in [4.78, 5) is 33.6. The van der Waals surface area contributed by atoms with Gasteiger partial charge in [0.25, 0.3) is 0 Å². The van der Waals surface area contributed by atoms with Gasteiger partial charge in [-0.15, -0.1) is 0 Å². The van der Waals surface area contributed by atoms with E-state index < -0.39 is 29.1 Å². The number of nitrogens with one attached hydrogen (secondary N) is 2. The summed E-state index contributed by atoms with van der Waals surface area (Å²) in [5, 5.41) is 5.93. The molecule has 0 radical (unpaired) electrons. The molecule has 2 aliphatic rings. The Morgan fingerprint density at radius 1 is 1.21 bits per heavy atom. The average Bonchev–Trinajstić information content (AvgIpc) is 3.37. The molecule has 2 aromatic carbocycles. The van der Waals surface area contributed by atoms with E-state index in [1.54, 1.807) is 37.3 Å². The molecule has 7 nitrogen and oxygen atoms in total. The Morgan fingerprint density at radius 3 is 2.74 bits per heavy atom. The number of anilines is 1. The molecule has 3 aromatic rings. The summed E-state index contributed by atoms with van der Waals surface area (Å²) in [7, 11) is 0. The van der Waals surface area contributed by atoms with Crippen molar-refractivity contribution in [3.05, 3.63) is 87.8 Å². The van der Waals surface area contributed by atoms with Crippen molar-refractivity contribution >= 4 is 40.8 Å². The van der Waals surface area contributed by atoms with E-state index in [1.807, 2.05) is 36.1 Å². The normalized spacial score (nSPS) is 24.7. The second kappa shape index (κ2) is 10.5. The van der Waals surface area contributed by atoms with Gasteiger partial charge in [0, 0.05) is 25.0 Å². The van der Waals surface area contributed by atoms with Crippen LogP contribution in [0.1, 0.15) is 30.9 Å². The van der Waals surface area contributed by atoms with Crippen LogP contribution < -0.4 is 15.4 Å². The van der Waals surface area contributed by atoms with Gasteiger partial charge in [-0.25, -0.2) is 9.37 Å². The fourth-order valence-corrected chi connectivity index (χ4v) is 6.15. The Labute approximate surface area is 230 Å². The zero-order valence-electron chi connectivity index (χ0n) is 20.9. The number of carbonyl (C=O) groups excluding carboxylic acids is 2. The highest BCUT2D eigenvalue weighted by Gasteiger charge is 2.64. The van der Waals surface area contributed by atoms with Gasteiger partial charge in [0.1, 0.15) is 28.1 Å². The van der Waals surface area contributed by atoms with Gasteiger partial charge in [0.2, 0.25) is 11.8 Å². The third kappa shape index (κ3) is 4.61. The highest BCUT2D eigenvalue weighted by Crippen LogP contribution is 2.53. The topological polar surface area (TPSA) is 83.6 Å². The summed E-state index contributed by atoms with van der Waals surface area (Å²) in [6.45, 7) is 4.81. The van der Waals surface area contributed by atoms with Crippen molar-refractivity contribution in [2.24, 2.45) is 5.92 Å². The van der Waals surface area contributed by atoms with Crippen LogP contribution in [0, 0.1) is 11.7 Å². The Balaban J connectivity index is 1.64. The number of hydrogen-bond donors (Lipinski definition) is 2. The van der Waals surface area contributed by atoms with Gasteiger partial charge in [0.15, 0.2) is 0 Å². The van der Waals surface area contributed by atoms with Crippen LogP contribution in [0.5, 0.6) is 5.75 Å². The quantitative estimate of drug-likeness (QED) is 0.398. The molecule has 5 rings (SSSR count). The molecule has 198 valence electrons. The number of carbonyl (C=O) groups is 2. The van der Waals surface area contributed by atoms with E-state index in [4.69, 9.17) is 27.9 Å². The monoisotopic (exact) mass is 556 g/mol. The number of pyridine rings is 1. The summed E-state index contributed by atoms with van der Waals surface area (Å²) >= 11 is 12.2. The van der Waals surface area contributed by atoms with E-state index >= 15 is 4.39 Å². The SMILES string of the molecule is CCOc1cccc(CN2[C@H]3CNC(=O)[C@H]3[C@H](c3cccc(Cl)c3F)[C@]2(C)C(=O)Nc2cccc(Cl)n2)c1. The van der Waals surface area contributed by atoms with Crippen LogP contribution in [0.4, 0.5) is 10.2 Å². The standard InChI is InChI=1S/C28H27Cl2FN4O3/c1-3-38-17-8-4-7-16(13-17)15-35-20-14-32-26(36)23(20)24(18-9-5-10-19(29)25(18)31)28(35,2)27(37)34-22-12-6-11-21(30)33-22/h4-13,20,23-24H,3,14-15H2,1-2H3,(H,32,36)(H,33,34,37)/t20-,23+,24-,28+/m0/s1. The first-order valence-corrected chi connectivity index (χ1v) is 13.1. The number of ether oxygens (including phenoxy) is 1. The van der Waals surface area contributed by atoms with E-state index in [1.165, 1.54) is 6.07 Å². The number of halogens is 3. The molecule has 2 amide bonds. The van der Waals surface area contributed by atoms with E-state index in [2.05, 4.69) is 15.6 Å². The van der Waals surface area contributed by atoms with Gasteiger partial charge >= 0.3 is 0 Å². The van der Waals surface area contributed by atoms with Crippen molar-refractivity contribution in [1.29, 1.82) is 0 Å². The molecule has 10 heteroatoms. The molecule has 0 spiro atoms. The van der Waals surface area contributed by atoms with E-state index in [-0.39, 0.29) is 33.5 Å². The number of hydrogen-bond acceptors (Lipinski definition) is 5. The number of fused-ring (bicyclic) bond motifs is 1. The first kappa shape index (κ1) is 26.4. The van der Waals surface area contributed by atoms with Gasteiger partial charge in [-0.1, -0.05) is 53.5 Å². The Hall–Kier alpha value is -3.20. The molecule has 0 saturated carbocycles. The fraction of sp³-hybridized carbons (Fsp3) is 0.321. The maximum atomic E-state index is 15.6. The number of rotatable bonds is 7. The largest absolute Gasteiger partial charge is 0.494 e. The molecular weight excluding hydrogens is 530 g/mol. The molecule has 3 heterocycles. The lowest BCUT2D eigenvalue weighted by Crippen LogP contribution is -2.56. The number of benzene rings is 2. The molecule has 1 aromatic heterocycles. The third-order valence-electron chi connectivity index (χ3n) is 7.46. The first-order chi connectivity index (χ1) is 18.2. The minimum Gasteiger partial charge on any atom is -0.494 e. The van der Waals surface area contributed by atoms with Gasteiger partial charge in [-0.3, -0.25) is 14.5 Å². The third-order valence-corrected chi connectivity index (χ3v) is 7.96. The van der Waals surface area contributed by atoms with Crippen LogP contribution >= 0.6 is 23.2 Å². The highest BCUT2D eigenvalue weighted by atomic mass is 35.5. The van der Waals surface area contributed by atoms with E-state index in [9.17, 15) is 9.59 Å². The lowest BCUT2D eigenvalue weighted by molar-refractivity contribution is -0.128. The second-order valence-corrected chi connectivity index (χ2v) is 10.4. The summed E-state index contributed by atoms with van der Waals surface area (Å²) < 4.78 is 21.2. The molecule has 2 saturated heterocycles. The minimum atomic E-state index is -1.36. The summed E-state index contributed by atoms with van der Waals surface area (Å²) in [6, 6.07) is 16.8. The van der Waals surface area contributed by atoms with Crippen molar-refractivity contribution in [2.45, 2.75) is 37.9 Å². The van der Waals surface area contributed by atoms with E-state index in [0.29, 0.717) is 25.4 Å². The number of amides is 2. The molecule has 0 aliphatic carbocycles. The van der Waals surface area contributed by atoms with Crippen molar-refractivity contribution in [1.82, 2.24) is 15.2 Å². The minimum absolute atomic E-state index is 0.0698. The molecule has 0 unspecified atom stereocenters. The van der Waals surface area contributed by atoms with Crippen LogP contribution in [0.15, 0.2) is 60.7 Å². The predicted molar refractivity (Wildman–Crippen MR) is 144 cm³/mol.